The second-order valence-electron chi connectivity index (χ2n) is 7.14. The first-order chi connectivity index (χ1) is 14.4. The number of aliphatic imine (C=N–C) groups is 1. The average Bonchev–Trinajstić information content (AvgIpc) is 2.73. The highest BCUT2D eigenvalue weighted by molar-refractivity contribution is 14.2. The van der Waals surface area contributed by atoms with E-state index in [9.17, 15) is 10.1 Å². The number of H-pyrrole nitrogens is 1. The zero-order valence-electron chi connectivity index (χ0n) is 17.7. The standard InChI is InChI=1S/C23H26IN3O3/c1-5-15-10-16-8-9-17(11-18(16)26-22(15)28)23(4,14-25)13-19-24-20(29-6-2)12-21(27-19)30-7-3/h8-12H,5-7,13H2,1-4H3,(H,26,28). The molecule has 0 bridgehead atoms. The summed E-state index contributed by atoms with van der Waals surface area (Å²) in [6, 6.07) is 10.2. The SMILES string of the molecule is CCOC1=CC(OCC)=NC(CC(C)(C#N)c2ccc3cc(CC)c(=O)[nH]c3c2)=I1. The first kappa shape index (κ1) is 22.2. The largest absolute Gasteiger partial charge is 0.488 e. The van der Waals surface area contributed by atoms with E-state index in [0.717, 1.165) is 29.4 Å². The van der Waals surface area contributed by atoms with Crippen LogP contribution in [0, 0.1) is 11.3 Å². The number of aromatic amines is 1. The highest BCUT2D eigenvalue weighted by atomic mass is 127. The minimum Gasteiger partial charge on any atom is -0.488 e. The van der Waals surface area contributed by atoms with Crippen LogP contribution < -0.4 is 5.56 Å². The molecule has 0 fully saturated rings. The summed E-state index contributed by atoms with van der Waals surface area (Å²) in [4.78, 5) is 19.8. The van der Waals surface area contributed by atoms with Crippen molar-refractivity contribution < 1.29 is 9.47 Å². The summed E-state index contributed by atoms with van der Waals surface area (Å²) in [6.45, 7) is 8.86. The molecule has 0 aliphatic carbocycles. The number of hydrogen-bond donors (Lipinski definition) is 1. The number of nitrogens with zero attached hydrogens (tertiary/aromatic N) is 2. The summed E-state index contributed by atoms with van der Waals surface area (Å²) in [5, 5.41) is 11.0. The lowest BCUT2D eigenvalue weighted by molar-refractivity contribution is 0.262. The maximum Gasteiger partial charge on any atom is 0.251 e. The van der Waals surface area contributed by atoms with Gasteiger partial charge in [0.15, 0.2) is 3.77 Å². The number of aromatic nitrogens is 1. The Kier molecular flexibility index (Phi) is 7.08. The Hall–Kier alpha value is -2.47. The van der Waals surface area contributed by atoms with Crippen molar-refractivity contribution in [1.82, 2.24) is 4.98 Å². The van der Waals surface area contributed by atoms with Crippen LogP contribution in [-0.2, 0) is 21.3 Å². The maximum absolute atomic E-state index is 12.2. The smallest absolute Gasteiger partial charge is 0.251 e. The Morgan fingerprint density at radius 2 is 1.97 bits per heavy atom. The Morgan fingerprint density at radius 1 is 1.20 bits per heavy atom. The molecule has 1 aliphatic heterocycles. The van der Waals surface area contributed by atoms with E-state index in [4.69, 9.17) is 9.47 Å². The molecule has 6 nitrogen and oxygen atoms in total. The molecule has 1 aromatic heterocycles. The Balaban J connectivity index is 1.98. The first-order valence-electron chi connectivity index (χ1n) is 10.1. The first-order valence-corrected chi connectivity index (χ1v) is 12.2. The lowest BCUT2D eigenvalue weighted by Crippen LogP contribution is -2.24. The molecule has 30 heavy (non-hydrogen) atoms. The second kappa shape index (κ2) is 9.56. The Labute approximate surface area is 186 Å². The lowest BCUT2D eigenvalue weighted by Gasteiger charge is -2.24. The molecule has 7 heteroatoms. The summed E-state index contributed by atoms with van der Waals surface area (Å²) in [7, 11) is 0. The third kappa shape index (κ3) is 4.81. The number of pyridine rings is 1. The zero-order valence-corrected chi connectivity index (χ0v) is 19.9. The monoisotopic (exact) mass is 519 g/mol. The van der Waals surface area contributed by atoms with Gasteiger partial charge >= 0.3 is 0 Å². The number of hydrogen-bond acceptors (Lipinski definition) is 5. The molecule has 0 saturated carbocycles. The van der Waals surface area contributed by atoms with E-state index < -0.39 is 26.1 Å². The molecule has 0 saturated heterocycles. The van der Waals surface area contributed by atoms with Gasteiger partial charge in [0, 0.05) is 23.6 Å². The normalized spacial score (nSPS) is 15.8. The molecule has 2 aromatic rings. The van der Waals surface area contributed by atoms with Crippen molar-refractivity contribution in [2.45, 2.75) is 46.0 Å². The number of benzene rings is 1. The molecule has 1 atom stereocenters. The summed E-state index contributed by atoms with van der Waals surface area (Å²) < 4.78 is 13.2. The van der Waals surface area contributed by atoms with Gasteiger partial charge in [0.2, 0.25) is 5.90 Å². The maximum atomic E-state index is 12.2. The number of halogens is 1. The van der Waals surface area contributed by atoms with Gasteiger partial charge in [0.1, 0.15) is 0 Å². The molecule has 2 heterocycles. The van der Waals surface area contributed by atoms with Crippen molar-refractivity contribution in [1.29, 1.82) is 5.26 Å². The predicted octanol–water partition coefficient (Wildman–Crippen LogP) is 4.69. The minimum atomic E-state index is -0.779. The quantitative estimate of drug-likeness (QED) is 0.538. The number of fused-ring (bicyclic) bond motifs is 1. The van der Waals surface area contributed by atoms with Crippen LogP contribution in [0.2, 0.25) is 0 Å². The van der Waals surface area contributed by atoms with Crippen molar-refractivity contribution in [2.24, 2.45) is 4.99 Å². The summed E-state index contributed by atoms with van der Waals surface area (Å²) in [6.07, 6.45) is 3.03. The van der Waals surface area contributed by atoms with Crippen molar-refractivity contribution in [3.8, 4) is 6.07 Å². The van der Waals surface area contributed by atoms with Gasteiger partial charge in [0.25, 0.3) is 5.56 Å². The third-order valence-electron chi connectivity index (χ3n) is 4.93. The summed E-state index contributed by atoms with van der Waals surface area (Å²) >= 11 is -0.594. The minimum absolute atomic E-state index is 0.0780. The Morgan fingerprint density at radius 3 is 2.63 bits per heavy atom. The van der Waals surface area contributed by atoms with Crippen LogP contribution >= 0.6 is 20.7 Å². The van der Waals surface area contributed by atoms with E-state index in [1.54, 1.807) is 0 Å². The van der Waals surface area contributed by atoms with Crippen LogP contribution in [0.25, 0.3) is 10.9 Å². The Bertz CT molecular complexity index is 1130. The van der Waals surface area contributed by atoms with Crippen molar-refractivity contribution in [3.05, 3.63) is 55.6 Å². The van der Waals surface area contributed by atoms with Gasteiger partial charge in [-0.3, -0.25) is 4.79 Å². The van der Waals surface area contributed by atoms with Gasteiger partial charge < -0.3 is 14.5 Å². The number of rotatable bonds is 7. The second-order valence-corrected chi connectivity index (χ2v) is 9.98. The highest BCUT2D eigenvalue weighted by Crippen LogP contribution is 2.34. The molecule has 1 aromatic carbocycles. The van der Waals surface area contributed by atoms with Crippen LogP contribution in [-0.4, -0.2) is 27.7 Å². The molecular weight excluding hydrogens is 493 g/mol. The van der Waals surface area contributed by atoms with E-state index in [1.165, 1.54) is 0 Å². The van der Waals surface area contributed by atoms with Gasteiger partial charge in [-0.05, 0) is 71.0 Å². The molecule has 1 aliphatic rings. The van der Waals surface area contributed by atoms with E-state index >= 15 is 0 Å². The van der Waals surface area contributed by atoms with Gasteiger partial charge in [0.05, 0.1) is 28.3 Å². The number of ether oxygens (including phenoxy) is 2. The molecule has 0 amide bonds. The van der Waals surface area contributed by atoms with Crippen LogP contribution in [0.5, 0.6) is 0 Å². The molecule has 0 spiro atoms. The lowest BCUT2D eigenvalue weighted by atomic mass is 9.80. The zero-order chi connectivity index (χ0) is 21.7. The number of nitriles is 1. The van der Waals surface area contributed by atoms with Crippen LogP contribution in [0.3, 0.4) is 0 Å². The third-order valence-corrected chi connectivity index (χ3v) is 7.33. The summed E-state index contributed by atoms with van der Waals surface area (Å²) in [5.41, 5.74) is 1.50. The molecule has 0 radical (unpaired) electrons. The molecule has 158 valence electrons. The van der Waals surface area contributed by atoms with Crippen molar-refractivity contribution in [3.63, 3.8) is 0 Å². The number of nitrogens with one attached hydrogen (secondary N) is 1. The van der Waals surface area contributed by atoms with Gasteiger partial charge in [-0.2, -0.15) is 5.26 Å². The molecule has 1 N–H and O–H groups in total. The van der Waals surface area contributed by atoms with Gasteiger partial charge in [-0.25, -0.2) is 4.99 Å². The van der Waals surface area contributed by atoms with Gasteiger partial charge in [-0.15, -0.1) is 0 Å². The molecular formula is C23H26IN3O3. The average molecular weight is 519 g/mol. The topological polar surface area (TPSA) is 87.5 Å². The van der Waals surface area contributed by atoms with E-state index in [2.05, 4.69) is 16.0 Å². The fraction of sp³-hybridized carbons (Fsp3) is 0.391. The van der Waals surface area contributed by atoms with E-state index in [1.807, 2.05) is 58.0 Å². The van der Waals surface area contributed by atoms with Crippen LogP contribution in [0.4, 0.5) is 0 Å². The van der Waals surface area contributed by atoms with E-state index in [0.29, 0.717) is 32.0 Å². The van der Waals surface area contributed by atoms with Crippen molar-refractivity contribution >= 4 is 41.2 Å². The van der Waals surface area contributed by atoms with Crippen molar-refractivity contribution in [2.75, 3.05) is 13.2 Å². The number of aryl methyl sites for hydroxylation is 1. The van der Waals surface area contributed by atoms with Crippen LogP contribution in [0.15, 0.2) is 43.9 Å². The van der Waals surface area contributed by atoms with Crippen LogP contribution in [0.1, 0.15) is 45.2 Å². The van der Waals surface area contributed by atoms with E-state index in [-0.39, 0.29) is 5.56 Å². The summed E-state index contributed by atoms with van der Waals surface area (Å²) in [5.74, 6) is 0.539. The fourth-order valence-corrected chi connectivity index (χ4v) is 6.07. The highest BCUT2D eigenvalue weighted by Gasteiger charge is 2.30. The molecule has 3 rings (SSSR count). The fourth-order valence-electron chi connectivity index (χ4n) is 3.26. The van der Waals surface area contributed by atoms with Gasteiger partial charge in [-0.1, -0.05) is 19.1 Å². The predicted molar refractivity (Wildman–Crippen MR) is 129 cm³/mol. The molecule has 1 unspecified atom stereocenters.